The average molecular weight is 262 g/mol. The molecule has 7 heteroatoms. The molecule has 0 spiro atoms. The quantitative estimate of drug-likeness (QED) is 0.487. The van der Waals surface area contributed by atoms with Crippen LogP contribution < -0.4 is 10.5 Å². The molecule has 3 N–H and O–H groups in total. The summed E-state index contributed by atoms with van der Waals surface area (Å²) in [5.41, 5.74) is 6.45. The maximum absolute atomic E-state index is 11.0. The molecule has 0 radical (unpaired) electrons. The maximum Gasteiger partial charge on any atom is 0.229 e. The largest absolute Gasteiger partial charge is 0.386 e. The van der Waals surface area contributed by atoms with Gasteiger partial charge in [0.1, 0.15) is 5.84 Å². The lowest BCUT2D eigenvalue weighted by molar-refractivity contribution is 0.607. The van der Waals surface area contributed by atoms with E-state index in [4.69, 9.17) is 17.3 Å². The highest BCUT2D eigenvalue weighted by molar-refractivity contribution is 7.92. The van der Waals surface area contributed by atoms with Crippen molar-refractivity contribution >= 4 is 38.8 Å². The molecule has 0 heterocycles. The Hall–Kier alpha value is -1.27. The minimum atomic E-state index is -3.28. The van der Waals surface area contributed by atoms with Crippen molar-refractivity contribution in [1.29, 1.82) is 0 Å². The molecule has 1 aromatic carbocycles. The minimum absolute atomic E-state index is 0.129. The van der Waals surface area contributed by atoms with Crippen molar-refractivity contribution in [2.45, 2.75) is 0 Å². The molecule has 0 saturated carbocycles. The van der Waals surface area contributed by atoms with Crippen LogP contribution in [0, 0.1) is 0 Å². The number of hydrogen-bond donors (Lipinski definition) is 2. The van der Waals surface area contributed by atoms with Gasteiger partial charge >= 0.3 is 0 Å². The van der Waals surface area contributed by atoms with E-state index in [0.717, 1.165) is 6.26 Å². The normalized spacial score (nSPS) is 12.5. The lowest BCUT2D eigenvalue weighted by atomic mass is 10.3. The number of nitrogens with two attached hydrogens (primary N) is 1. The predicted octanol–water partition coefficient (Wildman–Crippen LogP) is 1.29. The summed E-state index contributed by atoms with van der Waals surface area (Å²) in [5.74, 6) is 0.405. The molecule has 1 aromatic rings. The van der Waals surface area contributed by atoms with Crippen LogP contribution in [0.5, 0.6) is 0 Å². The first kappa shape index (κ1) is 12.8. The van der Waals surface area contributed by atoms with Gasteiger partial charge in [-0.1, -0.05) is 6.07 Å². The second kappa shape index (κ2) is 5.18. The molecule has 0 fully saturated rings. The van der Waals surface area contributed by atoms with Gasteiger partial charge in [0.2, 0.25) is 10.0 Å². The van der Waals surface area contributed by atoms with Crippen LogP contribution in [0.4, 0.5) is 11.4 Å². The van der Waals surface area contributed by atoms with E-state index in [9.17, 15) is 8.42 Å². The molecule has 88 valence electrons. The number of anilines is 1. The van der Waals surface area contributed by atoms with Crippen molar-refractivity contribution in [3.63, 3.8) is 0 Å². The second-order valence-corrected chi connectivity index (χ2v) is 5.18. The minimum Gasteiger partial charge on any atom is -0.386 e. The molecule has 0 aromatic heterocycles. The van der Waals surface area contributed by atoms with Crippen molar-refractivity contribution in [3.05, 3.63) is 24.3 Å². The monoisotopic (exact) mass is 261 g/mol. The zero-order valence-electron chi connectivity index (χ0n) is 8.64. The van der Waals surface area contributed by atoms with Gasteiger partial charge in [-0.05, 0) is 18.2 Å². The van der Waals surface area contributed by atoms with E-state index in [-0.39, 0.29) is 11.7 Å². The molecule has 5 nitrogen and oxygen atoms in total. The Bertz CT molecular complexity index is 499. The summed E-state index contributed by atoms with van der Waals surface area (Å²) < 4.78 is 24.3. The van der Waals surface area contributed by atoms with E-state index in [2.05, 4.69) is 9.71 Å². The van der Waals surface area contributed by atoms with E-state index in [1.165, 1.54) is 0 Å². The molecular weight excluding hydrogens is 250 g/mol. The summed E-state index contributed by atoms with van der Waals surface area (Å²) in [7, 11) is -3.28. The molecule has 0 aliphatic heterocycles. The Kier molecular flexibility index (Phi) is 4.14. The van der Waals surface area contributed by atoms with Gasteiger partial charge in [-0.2, -0.15) is 0 Å². The Labute approximate surface area is 99.4 Å². The molecule has 0 saturated heterocycles. The Balaban J connectivity index is 2.96. The summed E-state index contributed by atoms with van der Waals surface area (Å²) >= 11 is 5.48. The summed E-state index contributed by atoms with van der Waals surface area (Å²) in [6.07, 6.45) is 1.08. The first-order valence-corrected chi connectivity index (χ1v) is 6.80. The fourth-order valence-electron chi connectivity index (χ4n) is 1.05. The zero-order valence-corrected chi connectivity index (χ0v) is 10.2. The summed E-state index contributed by atoms with van der Waals surface area (Å²) in [6, 6.07) is 6.57. The topological polar surface area (TPSA) is 84.5 Å². The van der Waals surface area contributed by atoms with Gasteiger partial charge in [-0.25, -0.2) is 13.4 Å². The second-order valence-electron chi connectivity index (χ2n) is 3.16. The molecule has 0 aliphatic rings. The van der Waals surface area contributed by atoms with Gasteiger partial charge < -0.3 is 5.73 Å². The van der Waals surface area contributed by atoms with E-state index < -0.39 is 10.0 Å². The van der Waals surface area contributed by atoms with Crippen LogP contribution in [0.25, 0.3) is 0 Å². The molecule has 0 unspecified atom stereocenters. The Morgan fingerprint density at radius 1 is 1.56 bits per heavy atom. The van der Waals surface area contributed by atoms with Gasteiger partial charge in [0, 0.05) is 0 Å². The van der Waals surface area contributed by atoms with Crippen molar-refractivity contribution in [3.8, 4) is 0 Å². The average Bonchev–Trinajstić information content (AvgIpc) is 2.15. The van der Waals surface area contributed by atoms with E-state index in [1.54, 1.807) is 24.3 Å². The third kappa shape index (κ3) is 4.50. The lowest BCUT2D eigenvalue weighted by Gasteiger charge is -2.04. The zero-order chi connectivity index (χ0) is 12.2. The predicted molar refractivity (Wildman–Crippen MR) is 66.9 cm³/mol. The highest BCUT2D eigenvalue weighted by Gasteiger charge is 2.02. The van der Waals surface area contributed by atoms with Gasteiger partial charge in [0.15, 0.2) is 0 Å². The standard InChI is InChI=1S/C9H12ClN3O2S/c1-16(14,15)13-8-4-2-3-7(5-8)12-9(11)6-10/h2-5,13H,6H2,1H3,(H2,11,12). The summed E-state index contributed by atoms with van der Waals surface area (Å²) in [5, 5.41) is 0. The van der Waals surface area contributed by atoms with E-state index >= 15 is 0 Å². The van der Waals surface area contributed by atoms with Crippen LogP contribution in [-0.2, 0) is 10.0 Å². The fourth-order valence-corrected chi connectivity index (χ4v) is 1.66. The van der Waals surface area contributed by atoms with E-state index in [0.29, 0.717) is 11.4 Å². The third-order valence-corrected chi connectivity index (χ3v) is 2.44. The van der Waals surface area contributed by atoms with Crippen LogP contribution in [0.15, 0.2) is 29.3 Å². The number of aliphatic imine (C=N–C) groups is 1. The van der Waals surface area contributed by atoms with Crippen LogP contribution in [0.2, 0.25) is 0 Å². The molecule has 0 amide bonds. The first-order valence-electron chi connectivity index (χ1n) is 4.37. The van der Waals surface area contributed by atoms with Crippen molar-refractivity contribution in [1.82, 2.24) is 0 Å². The number of rotatable bonds is 4. The number of benzene rings is 1. The fraction of sp³-hybridized carbons (Fsp3) is 0.222. The van der Waals surface area contributed by atoms with Crippen LogP contribution in [0.1, 0.15) is 0 Å². The number of amidine groups is 1. The van der Waals surface area contributed by atoms with Gasteiger partial charge in [0.05, 0.1) is 23.5 Å². The molecule has 0 aliphatic carbocycles. The van der Waals surface area contributed by atoms with Gasteiger partial charge in [-0.3, -0.25) is 4.72 Å². The molecular formula is C9H12ClN3O2S. The SMILES string of the molecule is CS(=O)(=O)Nc1cccc(N=C(N)CCl)c1. The first-order chi connectivity index (χ1) is 7.40. The van der Waals surface area contributed by atoms with Crippen molar-refractivity contribution in [2.75, 3.05) is 16.9 Å². The number of sulfonamides is 1. The Morgan fingerprint density at radius 2 is 2.25 bits per heavy atom. The molecule has 1 rings (SSSR count). The van der Waals surface area contributed by atoms with Gasteiger partial charge in [-0.15, -0.1) is 11.6 Å². The maximum atomic E-state index is 11.0. The number of nitrogens with zero attached hydrogens (tertiary/aromatic N) is 1. The molecule has 0 bridgehead atoms. The van der Waals surface area contributed by atoms with Gasteiger partial charge in [0.25, 0.3) is 0 Å². The van der Waals surface area contributed by atoms with Crippen LogP contribution in [-0.4, -0.2) is 26.4 Å². The number of hydrogen-bond acceptors (Lipinski definition) is 3. The Morgan fingerprint density at radius 3 is 2.81 bits per heavy atom. The van der Waals surface area contributed by atoms with Crippen molar-refractivity contribution < 1.29 is 8.42 Å². The summed E-state index contributed by atoms with van der Waals surface area (Å²) in [6.45, 7) is 0. The third-order valence-electron chi connectivity index (χ3n) is 1.56. The number of alkyl halides is 1. The number of halogens is 1. The number of nitrogens with one attached hydrogen (secondary N) is 1. The smallest absolute Gasteiger partial charge is 0.229 e. The van der Waals surface area contributed by atoms with Crippen molar-refractivity contribution in [2.24, 2.45) is 10.7 Å². The highest BCUT2D eigenvalue weighted by Crippen LogP contribution is 2.18. The molecule has 16 heavy (non-hydrogen) atoms. The molecule has 0 atom stereocenters. The lowest BCUT2D eigenvalue weighted by Crippen LogP contribution is -2.12. The van der Waals surface area contributed by atoms with E-state index in [1.807, 2.05) is 0 Å². The highest BCUT2D eigenvalue weighted by atomic mass is 35.5. The van der Waals surface area contributed by atoms with Crippen LogP contribution >= 0.6 is 11.6 Å². The summed E-state index contributed by atoms with van der Waals surface area (Å²) in [4.78, 5) is 4.00. The van der Waals surface area contributed by atoms with Crippen LogP contribution in [0.3, 0.4) is 0 Å².